The lowest BCUT2D eigenvalue weighted by atomic mass is 10.1. The number of carbonyl (C=O) groups is 2. The van der Waals surface area contributed by atoms with Crippen molar-refractivity contribution in [2.24, 2.45) is 0 Å². The maximum Gasteiger partial charge on any atom is 0.405 e. The molecule has 0 aliphatic heterocycles. The van der Waals surface area contributed by atoms with Crippen molar-refractivity contribution in [2.45, 2.75) is 19.5 Å². The van der Waals surface area contributed by atoms with E-state index in [1.807, 2.05) is 31.2 Å². The van der Waals surface area contributed by atoms with Crippen LogP contribution < -0.4 is 5.32 Å². The summed E-state index contributed by atoms with van der Waals surface area (Å²) in [4.78, 5) is 27.2. The van der Waals surface area contributed by atoms with E-state index in [9.17, 15) is 22.8 Å². The number of aromatic nitrogens is 1. The normalized spacial score (nSPS) is 11.2. The lowest BCUT2D eigenvalue weighted by molar-refractivity contribution is -0.140. The van der Waals surface area contributed by atoms with Crippen molar-refractivity contribution in [1.82, 2.24) is 10.3 Å². The Balaban J connectivity index is 1.90. The van der Waals surface area contributed by atoms with Crippen LogP contribution in [-0.2, 0) is 16.0 Å². The van der Waals surface area contributed by atoms with Gasteiger partial charge in [-0.3, -0.25) is 4.79 Å². The number of halogens is 3. The number of ether oxygens (including phenoxy) is 1. The van der Waals surface area contributed by atoms with Gasteiger partial charge in [0.2, 0.25) is 0 Å². The van der Waals surface area contributed by atoms with E-state index in [0.29, 0.717) is 5.01 Å². The Hall–Kier alpha value is -2.42. The molecule has 2 rings (SSSR count). The first-order valence-corrected chi connectivity index (χ1v) is 8.22. The molecule has 0 saturated carbocycles. The van der Waals surface area contributed by atoms with Crippen molar-refractivity contribution in [1.29, 1.82) is 0 Å². The third-order valence-corrected chi connectivity index (χ3v) is 4.03. The van der Waals surface area contributed by atoms with Crippen LogP contribution >= 0.6 is 11.3 Å². The molecule has 0 radical (unpaired) electrons. The third kappa shape index (κ3) is 5.86. The first kappa shape index (κ1) is 18.9. The number of hydrogen-bond acceptors (Lipinski definition) is 5. The van der Waals surface area contributed by atoms with Crippen LogP contribution in [0.25, 0.3) is 10.6 Å². The summed E-state index contributed by atoms with van der Waals surface area (Å²) in [5, 5.41) is 3.69. The minimum atomic E-state index is -4.52. The molecule has 0 unspecified atom stereocenters. The van der Waals surface area contributed by atoms with Gasteiger partial charge in [-0.15, -0.1) is 11.3 Å². The molecule has 1 aromatic heterocycles. The number of thiazole rings is 1. The first-order chi connectivity index (χ1) is 11.8. The van der Waals surface area contributed by atoms with Gasteiger partial charge < -0.3 is 10.1 Å². The summed E-state index contributed by atoms with van der Waals surface area (Å²) >= 11 is 1.23. The highest BCUT2D eigenvalue weighted by molar-refractivity contribution is 7.13. The van der Waals surface area contributed by atoms with Crippen molar-refractivity contribution in [3.63, 3.8) is 0 Å². The van der Waals surface area contributed by atoms with Crippen LogP contribution in [0.1, 0.15) is 23.0 Å². The summed E-state index contributed by atoms with van der Waals surface area (Å²) in [6.07, 6.45) is -3.61. The number of amides is 1. The van der Waals surface area contributed by atoms with E-state index in [0.717, 1.165) is 12.0 Å². The molecule has 1 aromatic carbocycles. The van der Waals surface area contributed by atoms with E-state index in [-0.39, 0.29) is 5.69 Å². The third-order valence-electron chi connectivity index (χ3n) is 3.14. The molecule has 0 aliphatic carbocycles. The highest BCUT2D eigenvalue weighted by atomic mass is 32.1. The molecule has 0 saturated heterocycles. The van der Waals surface area contributed by atoms with E-state index in [2.05, 4.69) is 9.72 Å². The highest BCUT2D eigenvalue weighted by Crippen LogP contribution is 2.24. The molecule has 0 fully saturated rings. The molecule has 0 spiro atoms. The molecule has 1 amide bonds. The second-order valence-electron chi connectivity index (χ2n) is 5.06. The molecule has 25 heavy (non-hydrogen) atoms. The molecular formula is C16H15F3N2O3S. The van der Waals surface area contributed by atoms with Gasteiger partial charge in [-0.25, -0.2) is 9.78 Å². The molecular weight excluding hydrogens is 357 g/mol. The van der Waals surface area contributed by atoms with Crippen molar-refractivity contribution >= 4 is 23.2 Å². The maximum absolute atomic E-state index is 12.0. The summed E-state index contributed by atoms with van der Waals surface area (Å²) in [7, 11) is 0. The van der Waals surface area contributed by atoms with Crippen molar-refractivity contribution in [3.8, 4) is 10.6 Å². The Morgan fingerprint density at radius 3 is 2.52 bits per heavy atom. The number of nitrogens with zero attached hydrogens (tertiary/aromatic N) is 1. The van der Waals surface area contributed by atoms with Crippen LogP contribution in [0.5, 0.6) is 0 Å². The number of aryl methyl sites for hydroxylation is 1. The summed E-state index contributed by atoms with van der Waals surface area (Å²) < 4.78 is 40.5. The lowest BCUT2D eigenvalue weighted by Gasteiger charge is -2.08. The van der Waals surface area contributed by atoms with Gasteiger partial charge in [0.1, 0.15) is 11.6 Å². The molecule has 0 atom stereocenters. The standard InChI is InChI=1S/C16H15F3N2O3S/c1-2-10-3-5-11(6-4-10)14-21-12(8-25-14)15(23)24-7-13(22)20-9-16(17,18)19/h3-6,8H,2,7,9H2,1H3,(H,20,22). The van der Waals surface area contributed by atoms with Gasteiger partial charge in [-0.2, -0.15) is 13.2 Å². The average molecular weight is 372 g/mol. The van der Waals surface area contributed by atoms with E-state index in [1.54, 1.807) is 5.32 Å². The highest BCUT2D eigenvalue weighted by Gasteiger charge is 2.27. The summed E-state index contributed by atoms with van der Waals surface area (Å²) in [5.74, 6) is -1.90. The number of rotatable bonds is 6. The van der Waals surface area contributed by atoms with Crippen LogP contribution in [0.4, 0.5) is 13.2 Å². The predicted molar refractivity (Wildman–Crippen MR) is 86.3 cm³/mol. The van der Waals surface area contributed by atoms with Crippen LogP contribution in [0.2, 0.25) is 0 Å². The van der Waals surface area contributed by atoms with Crippen molar-refractivity contribution < 1.29 is 27.5 Å². The smallest absolute Gasteiger partial charge is 0.405 e. The van der Waals surface area contributed by atoms with E-state index in [4.69, 9.17) is 0 Å². The number of alkyl halides is 3. The second kappa shape index (κ2) is 8.11. The van der Waals surface area contributed by atoms with Crippen LogP contribution in [-0.4, -0.2) is 36.2 Å². The fraction of sp³-hybridized carbons (Fsp3) is 0.312. The van der Waals surface area contributed by atoms with Gasteiger partial charge in [0.25, 0.3) is 5.91 Å². The van der Waals surface area contributed by atoms with Crippen LogP contribution in [0.15, 0.2) is 29.6 Å². The number of benzene rings is 1. The molecule has 0 aliphatic rings. The minimum absolute atomic E-state index is 0.00295. The number of esters is 1. The Kier molecular flexibility index (Phi) is 6.13. The van der Waals surface area contributed by atoms with Crippen molar-refractivity contribution in [3.05, 3.63) is 40.9 Å². The monoisotopic (exact) mass is 372 g/mol. The lowest BCUT2D eigenvalue weighted by Crippen LogP contribution is -2.36. The zero-order valence-corrected chi connectivity index (χ0v) is 14.0. The Labute approximate surface area is 145 Å². The van der Waals surface area contributed by atoms with Gasteiger partial charge in [0, 0.05) is 10.9 Å². The topological polar surface area (TPSA) is 68.3 Å². The zero-order valence-electron chi connectivity index (χ0n) is 13.2. The fourth-order valence-corrected chi connectivity index (χ4v) is 2.63. The molecule has 0 bridgehead atoms. The van der Waals surface area contributed by atoms with E-state index in [1.165, 1.54) is 22.3 Å². The van der Waals surface area contributed by atoms with Gasteiger partial charge in [-0.1, -0.05) is 31.2 Å². The number of nitrogens with one attached hydrogen (secondary N) is 1. The summed E-state index contributed by atoms with van der Waals surface area (Å²) in [6, 6.07) is 7.69. The number of hydrogen-bond donors (Lipinski definition) is 1. The summed E-state index contributed by atoms with van der Waals surface area (Å²) in [6.45, 7) is -0.234. The average Bonchev–Trinajstić information content (AvgIpc) is 3.07. The predicted octanol–water partition coefficient (Wildman–Crippen LogP) is 3.21. The quantitative estimate of drug-likeness (QED) is 0.791. The molecule has 134 valence electrons. The van der Waals surface area contributed by atoms with Gasteiger partial charge in [0.05, 0.1) is 0 Å². The first-order valence-electron chi connectivity index (χ1n) is 7.34. The van der Waals surface area contributed by atoms with E-state index < -0.39 is 31.2 Å². The molecule has 9 heteroatoms. The van der Waals surface area contributed by atoms with Gasteiger partial charge in [-0.05, 0) is 12.0 Å². The minimum Gasteiger partial charge on any atom is -0.451 e. The Morgan fingerprint density at radius 1 is 1.24 bits per heavy atom. The molecule has 1 heterocycles. The van der Waals surface area contributed by atoms with E-state index >= 15 is 0 Å². The maximum atomic E-state index is 12.0. The van der Waals surface area contributed by atoms with Crippen LogP contribution in [0, 0.1) is 0 Å². The summed E-state index contributed by atoms with van der Waals surface area (Å²) in [5.41, 5.74) is 2.01. The zero-order chi connectivity index (χ0) is 18.4. The Bertz CT molecular complexity index is 742. The number of carbonyl (C=O) groups excluding carboxylic acids is 2. The molecule has 2 aromatic rings. The fourth-order valence-electron chi connectivity index (χ4n) is 1.84. The van der Waals surface area contributed by atoms with Gasteiger partial charge in [0.15, 0.2) is 12.3 Å². The molecule has 5 nitrogen and oxygen atoms in total. The second-order valence-corrected chi connectivity index (χ2v) is 5.91. The van der Waals surface area contributed by atoms with Crippen LogP contribution in [0.3, 0.4) is 0 Å². The van der Waals surface area contributed by atoms with Crippen molar-refractivity contribution in [2.75, 3.05) is 13.2 Å². The SMILES string of the molecule is CCc1ccc(-c2nc(C(=O)OCC(=O)NCC(F)(F)F)cs2)cc1. The Morgan fingerprint density at radius 2 is 1.92 bits per heavy atom. The van der Waals surface area contributed by atoms with Gasteiger partial charge >= 0.3 is 12.1 Å². The largest absolute Gasteiger partial charge is 0.451 e. The molecule has 1 N–H and O–H groups in total.